The first-order chi connectivity index (χ1) is 10.6. The Kier molecular flexibility index (Phi) is 21.3. The molecular formula is C20H38O2. The number of hydrogen-bond donors (Lipinski definition) is 0. The van der Waals surface area contributed by atoms with Crippen molar-refractivity contribution in [1.82, 2.24) is 0 Å². The van der Waals surface area contributed by atoms with Crippen LogP contribution in [0.5, 0.6) is 0 Å². The molecule has 0 fully saturated rings. The SMILES string of the molecule is CCCCCCC=CC(C)=O.CCCCCCCC(=O)CC. The van der Waals surface area contributed by atoms with Crippen LogP contribution in [-0.2, 0) is 9.59 Å². The molecule has 22 heavy (non-hydrogen) atoms. The van der Waals surface area contributed by atoms with E-state index in [0.29, 0.717) is 12.2 Å². The minimum Gasteiger partial charge on any atom is -0.300 e. The molecule has 0 aromatic heterocycles. The molecule has 2 nitrogen and oxygen atoms in total. The van der Waals surface area contributed by atoms with Crippen molar-refractivity contribution in [2.45, 2.75) is 105 Å². The van der Waals surface area contributed by atoms with Crippen LogP contribution in [0.25, 0.3) is 0 Å². The number of Topliss-reactive ketones (excluding diaryl/α,β-unsaturated/α-hetero) is 1. The van der Waals surface area contributed by atoms with E-state index in [0.717, 1.165) is 19.3 Å². The van der Waals surface area contributed by atoms with Crippen LogP contribution < -0.4 is 0 Å². The molecule has 0 N–H and O–H groups in total. The molecule has 0 atom stereocenters. The lowest BCUT2D eigenvalue weighted by Gasteiger charge is -1.97. The van der Waals surface area contributed by atoms with Gasteiger partial charge >= 0.3 is 0 Å². The minimum atomic E-state index is 0.153. The third-order valence-corrected chi connectivity index (χ3v) is 3.53. The van der Waals surface area contributed by atoms with Gasteiger partial charge in [0.25, 0.3) is 0 Å². The van der Waals surface area contributed by atoms with Gasteiger partial charge in [-0.1, -0.05) is 71.8 Å². The molecule has 0 saturated heterocycles. The summed E-state index contributed by atoms with van der Waals surface area (Å²) in [6, 6.07) is 0. The Bertz CT molecular complexity index is 279. The van der Waals surface area contributed by atoms with Crippen molar-refractivity contribution in [3.05, 3.63) is 12.2 Å². The van der Waals surface area contributed by atoms with E-state index in [4.69, 9.17) is 0 Å². The predicted molar refractivity (Wildman–Crippen MR) is 97.3 cm³/mol. The fourth-order valence-electron chi connectivity index (χ4n) is 2.04. The van der Waals surface area contributed by atoms with Crippen molar-refractivity contribution in [1.29, 1.82) is 0 Å². The van der Waals surface area contributed by atoms with Gasteiger partial charge in [0.15, 0.2) is 5.78 Å². The lowest BCUT2D eigenvalue weighted by atomic mass is 10.1. The van der Waals surface area contributed by atoms with Gasteiger partial charge < -0.3 is 0 Å². The van der Waals surface area contributed by atoms with Gasteiger partial charge in [0.1, 0.15) is 5.78 Å². The van der Waals surface area contributed by atoms with Crippen molar-refractivity contribution in [2.75, 3.05) is 0 Å². The lowest BCUT2D eigenvalue weighted by Crippen LogP contribution is -1.93. The first-order valence-corrected chi connectivity index (χ1v) is 9.27. The highest BCUT2D eigenvalue weighted by atomic mass is 16.1. The van der Waals surface area contributed by atoms with Crippen LogP contribution in [0, 0.1) is 0 Å². The van der Waals surface area contributed by atoms with E-state index in [2.05, 4.69) is 13.8 Å². The van der Waals surface area contributed by atoms with Gasteiger partial charge in [-0.25, -0.2) is 0 Å². The maximum absolute atomic E-state index is 10.8. The molecule has 0 aliphatic carbocycles. The lowest BCUT2D eigenvalue weighted by molar-refractivity contribution is -0.119. The van der Waals surface area contributed by atoms with Crippen LogP contribution >= 0.6 is 0 Å². The Balaban J connectivity index is 0. The third kappa shape index (κ3) is 24.1. The summed E-state index contributed by atoms with van der Waals surface area (Å²) in [5, 5.41) is 0. The summed E-state index contributed by atoms with van der Waals surface area (Å²) in [6.45, 7) is 7.93. The molecule has 0 rings (SSSR count). The van der Waals surface area contributed by atoms with Crippen LogP contribution in [0.4, 0.5) is 0 Å². The zero-order chi connectivity index (χ0) is 17.1. The highest BCUT2D eigenvalue weighted by Gasteiger charge is 1.96. The standard InChI is InChI=1S/C10H18O.C10H20O/c1-3-4-5-6-7-8-9-10(2)11;1-3-5-6-7-8-9-10(11)4-2/h8-9H,3-7H2,1-2H3;3-9H2,1-2H3. The largest absolute Gasteiger partial charge is 0.300 e. The minimum absolute atomic E-state index is 0.153. The molecule has 0 radical (unpaired) electrons. The smallest absolute Gasteiger partial charge is 0.152 e. The Morgan fingerprint density at radius 1 is 0.773 bits per heavy atom. The maximum Gasteiger partial charge on any atom is 0.152 e. The summed E-state index contributed by atoms with van der Waals surface area (Å²) < 4.78 is 0. The van der Waals surface area contributed by atoms with Crippen molar-refractivity contribution in [3.8, 4) is 0 Å². The molecule has 0 aromatic carbocycles. The Hall–Kier alpha value is -0.920. The molecule has 0 spiro atoms. The molecule has 0 amide bonds. The van der Waals surface area contributed by atoms with E-state index in [1.54, 1.807) is 13.0 Å². The molecule has 0 aliphatic rings. The van der Waals surface area contributed by atoms with Gasteiger partial charge in [-0.3, -0.25) is 9.59 Å². The maximum atomic E-state index is 10.8. The highest BCUT2D eigenvalue weighted by Crippen LogP contribution is 2.05. The summed E-state index contributed by atoms with van der Waals surface area (Å²) in [6.07, 6.45) is 17.5. The van der Waals surface area contributed by atoms with E-state index in [9.17, 15) is 9.59 Å². The summed E-state index contributed by atoms with van der Waals surface area (Å²) in [7, 11) is 0. The van der Waals surface area contributed by atoms with Gasteiger partial charge in [-0.15, -0.1) is 0 Å². The second-order valence-electron chi connectivity index (χ2n) is 5.92. The first-order valence-electron chi connectivity index (χ1n) is 9.27. The molecule has 0 unspecified atom stereocenters. The number of allylic oxidation sites excluding steroid dienone is 2. The molecule has 0 bridgehead atoms. The Morgan fingerprint density at radius 2 is 1.32 bits per heavy atom. The second-order valence-corrected chi connectivity index (χ2v) is 5.92. The van der Waals surface area contributed by atoms with Crippen LogP contribution in [0.2, 0.25) is 0 Å². The van der Waals surface area contributed by atoms with Gasteiger partial charge in [-0.2, -0.15) is 0 Å². The zero-order valence-electron chi connectivity index (χ0n) is 15.5. The normalized spacial score (nSPS) is 10.4. The fourth-order valence-corrected chi connectivity index (χ4v) is 2.04. The van der Waals surface area contributed by atoms with Crippen LogP contribution in [0.3, 0.4) is 0 Å². The van der Waals surface area contributed by atoms with Gasteiger partial charge in [0, 0.05) is 12.8 Å². The number of unbranched alkanes of at least 4 members (excludes halogenated alkanes) is 8. The molecule has 0 saturated carbocycles. The van der Waals surface area contributed by atoms with Crippen LogP contribution in [0.15, 0.2) is 12.2 Å². The first kappa shape index (κ1) is 23.3. The van der Waals surface area contributed by atoms with E-state index >= 15 is 0 Å². The second kappa shape index (κ2) is 20.1. The topological polar surface area (TPSA) is 34.1 Å². The zero-order valence-corrected chi connectivity index (χ0v) is 15.5. The molecule has 0 heterocycles. The Morgan fingerprint density at radius 3 is 1.82 bits per heavy atom. The Labute approximate surface area is 138 Å². The van der Waals surface area contributed by atoms with Crippen LogP contribution in [-0.4, -0.2) is 11.6 Å². The number of hydrogen-bond acceptors (Lipinski definition) is 2. The average molecular weight is 311 g/mol. The molecular weight excluding hydrogens is 272 g/mol. The van der Waals surface area contributed by atoms with Crippen molar-refractivity contribution >= 4 is 11.6 Å². The van der Waals surface area contributed by atoms with Gasteiger partial charge in [0.05, 0.1) is 0 Å². The highest BCUT2D eigenvalue weighted by molar-refractivity contribution is 5.87. The number of carbonyl (C=O) groups is 2. The summed E-state index contributed by atoms with van der Waals surface area (Å²) in [5.74, 6) is 0.571. The summed E-state index contributed by atoms with van der Waals surface area (Å²) in [5.41, 5.74) is 0. The third-order valence-electron chi connectivity index (χ3n) is 3.53. The van der Waals surface area contributed by atoms with Gasteiger partial charge in [-0.05, 0) is 32.3 Å². The molecule has 130 valence electrons. The van der Waals surface area contributed by atoms with Crippen molar-refractivity contribution < 1.29 is 9.59 Å². The molecule has 2 heteroatoms. The summed E-state index contributed by atoms with van der Waals surface area (Å²) >= 11 is 0. The van der Waals surface area contributed by atoms with E-state index < -0.39 is 0 Å². The molecule has 0 aliphatic heterocycles. The van der Waals surface area contributed by atoms with E-state index in [1.165, 1.54) is 51.4 Å². The predicted octanol–water partition coefficient (Wildman–Crippen LogP) is 6.43. The quantitative estimate of drug-likeness (QED) is 0.290. The average Bonchev–Trinajstić information content (AvgIpc) is 2.50. The molecule has 0 aromatic rings. The van der Waals surface area contributed by atoms with E-state index in [1.807, 2.05) is 13.0 Å². The number of ketones is 2. The van der Waals surface area contributed by atoms with E-state index in [-0.39, 0.29) is 5.78 Å². The summed E-state index contributed by atoms with van der Waals surface area (Å²) in [4.78, 5) is 21.3. The fraction of sp³-hybridized carbons (Fsp3) is 0.800. The number of carbonyl (C=O) groups excluding carboxylic acids is 2. The van der Waals surface area contributed by atoms with Gasteiger partial charge in [0.2, 0.25) is 0 Å². The van der Waals surface area contributed by atoms with Crippen molar-refractivity contribution in [2.24, 2.45) is 0 Å². The monoisotopic (exact) mass is 310 g/mol. The van der Waals surface area contributed by atoms with Crippen LogP contribution in [0.1, 0.15) is 105 Å². The number of rotatable bonds is 13. The van der Waals surface area contributed by atoms with Crippen molar-refractivity contribution in [3.63, 3.8) is 0 Å².